The maximum absolute atomic E-state index is 13.8. The Hall–Kier alpha value is -3.40. The summed E-state index contributed by atoms with van der Waals surface area (Å²) in [7, 11) is 0. The highest BCUT2D eigenvalue weighted by atomic mass is 32.1. The van der Waals surface area contributed by atoms with Crippen molar-refractivity contribution in [2.45, 2.75) is 42.6 Å². The molecule has 1 amide bonds. The smallest absolute Gasteiger partial charge is 0.252 e. The fourth-order valence-corrected chi connectivity index (χ4v) is 6.18. The summed E-state index contributed by atoms with van der Waals surface area (Å²) in [5.41, 5.74) is 0.220. The molecule has 2 aliphatic heterocycles. The van der Waals surface area contributed by atoms with E-state index >= 15 is 0 Å². The molecule has 40 heavy (non-hydrogen) atoms. The molecule has 4 N–H and O–H groups in total. The molecule has 2 saturated heterocycles. The third-order valence-electron chi connectivity index (χ3n) is 7.34. The lowest BCUT2D eigenvalue weighted by Gasteiger charge is -2.49. The summed E-state index contributed by atoms with van der Waals surface area (Å²) in [4.78, 5) is 13.3. The van der Waals surface area contributed by atoms with Gasteiger partial charge in [0, 0.05) is 21.2 Å². The number of ether oxygens (including phenoxy) is 2. The zero-order valence-corrected chi connectivity index (χ0v) is 21.4. The van der Waals surface area contributed by atoms with Crippen LogP contribution in [-0.2, 0) is 9.47 Å². The van der Waals surface area contributed by atoms with E-state index in [0.29, 0.717) is 5.56 Å². The third kappa shape index (κ3) is 4.27. The van der Waals surface area contributed by atoms with Gasteiger partial charge in [0.25, 0.3) is 5.91 Å². The molecule has 210 valence electrons. The van der Waals surface area contributed by atoms with Crippen LogP contribution in [0, 0.1) is 17.5 Å². The minimum absolute atomic E-state index is 0.0701. The molecule has 2 aromatic heterocycles. The monoisotopic (exact) mass is 576 g/mol. The number of carbonyl (C=O) groups excluding carboxylic acids is 1. The number of benzene rings is 2. The highest BCUT2D eigenvalue weighted by Gasteiger charge is 2.62. The lowest BCUT2D eigenvalue weighted by Crippen LogP contribution is -2.69. The predicted octanol–water partition coefficient (Wildman–Crippen LogP) is 2.15. The summed E-state index contributed by atoms with van der Waals surface area (Å²) < 4.78 is 54.8. The van der Waals surface area contributed by atoms with E-state index in [9.17, 15) is 33.3 Å². The van der Waals surface area contributed by atoms with E-state index in [4.69, 9.17) is 9.47 Å². The van der Waals surface area contributed by atoms with Crippen LogP contribution in [0.15, 0.2) is 48.0 Å². The van der Waals surface area contributed by atoms with E-state index in [-0.39, 0.29) is 24.3 Å². The average molecular weight is 577 g/mol. The van der Waals surface area contributed by atoms with Crippen LogP contribution in [-0.4, -0.2) is 79.6 Å². The summed E-state index contributed by atoms with van der Waals surface area (Å²) >= 11 is 1.49. The van der Waals surface area contributed by atoms with Crippen molar-refractivity contribution in [3.63, 3.8) is 0 Å². The van der Waals surface area contributed by atoms with Crippen molar-refractivity contribution >= 4 is 27.3 Å². The van der Waals surface area contributed by atoms with Gasteiger partial charge in [-0.3, -0.25) is 4.79 Å². The van der Waals surface area contributed by atoms with Crippen LogP contribution in [0.1, 0.15) is 22.8 Å². The molecule has 14 heteroatoms. The number of aromatic nitrogens is 3. The van der Waals surface area contributed by atoms with Crippen LogP contribution < -0.4 is 5.32 Å². The third-order valence-corrected chi connectivity index (χ3v) is 8.23. The SMILES string of the molecule is O=C(N[C@@H]1CCO[C@]12O[C@H](CO)[C@H](O)[C@H](n1cc(-c3cc(F)c(F)c(F)c3)nn1)[C@H]2O)c1cccc2sccc12. The van der Waals surface area contributed by atoms with Gasteiger partial charge in [-0.1, -0.05) is 11.3 Å². The van der Waals surface area contributed by atoms with Crippen molar-refractivity contribution in [3.8, 4) is 11.3 Å². The quantitative estimate of drug-likeness (QED) is 0.265. The molecule has 2 aliphatic rings. The number of hydrogen-bond acceptors (Lipinski definition) is 9. The molecule has 0 unspecified atom stereocenters. The van der Waals surface area contributed by atoms with E-state index in [1.165, 1.54) is 17.5 Å². The minimum atomic E-state index is -1.88. The van der Waals surface area contributed by atoms with Gasteiger partial charge in [-0.25, -0.2) is 17.9 Å². The van der Waals surface area contributed by atoms with Gasteiger partial charge in [0.2, 0.25) is 5.79 Å². The molecule has 6 atom stereocenters. The Balaban J connectivity index is 1.32. The highest BCUT2D eigenvalue weighted by molar-refractivity contribution is 7.17. The summed E-state index contributed by atoms with van der Waals surface area (Å²) in [6.07, 6.45) is -2.98. The zero-order valence-electron chi connectivity index (χ0n) is 20.6. The number of aliphatic hydroxyl groups excluding tert-OH is 3. The van der Waals surface area contributed by atoms with Crippen LogP contribution in [0.4, 0.5) is 13.2 Å². The molecular formula is C26H23F3N4O6S. The molecule has 1 spiro atoms. The molecule has 4 aromatic rings. The lowest BCUT2D eigenvalue weighted by atomic mass is 9.86. The molecule has 10 nitrogen and oxygen atoms in total. The molecular weight excluding hydrogens is 553 g/mol. The molecule has 2 aromatic carbocycles. The Kier molecular flexibility index (Phi) is 6.84. The van der Waals surface area contributed by atoms with Gasteiger partial charge in [0.05, 0.1) is 25.5 Å². The van der Waals surface area contributed by atoms with Crippen molar-refractivity contribution < 1.29 is 42.8 Å². The Morgan fingerprint density at radius 2 is 1.98 bits per heavy atom. The average Bonchev–Trinajstić information content (AvgIpc) is 3.70. The van der Waals surface area contributed by atoms with Gasteiger partial charge in [-0.2, -0.15) is 0 Å². The summed E-state index contributed by atoms with van der Waals surface area (Å²) in [5, 5.41) is 45.8. The number of aliphatic hydroxyl groups is 3. The first kappa shape index (κ1) is 26.8. The first-order valence-corrected chi connectivity index (χ1v) is 13.2. The van der Waals surface area contributed by atoms with E-state index in [0.717, 1.165) is 26.9 Å². The maximum Gasteiger partial charge on any atom is 0.252 e. The number of nitrogens with one attached hydrogen (secondary N) is 1. The largest absolute Gasteiger partial charge is 0.394 e. The van der Waals surface area contributed by atoms with Crippen LogP contribution in [0.25, 0.3) is 21.3 Å². The van der Waals surface area contributed by atoms with Crippen LogP contribution >= 0.6 is 11.3 Å². The molecule has 4 heterocycles. The number of rotatable bonds is 5. The van der Waals surface area contributed by atoms with Crippen LogP contribution in [0.3, 0.4) is 0 Å². The molecule has 0 bridgehead atoms. The van der Waals surface area contributed by atoms with Crippen molar-refractivity contribution in [1.29, 1.82) is 0 Å². The summed E-state index contributed by atoms with van der Waals surface area (Å²) in [5.74, 6) is -6.80. The van der Waals surface area contributed by atoms with Gasteiger partial charge in [0.1, 0.15) is 30.0 Å². The normalized spacial score (nSPS) is 28.4. The Morgan fingerprint density at radius 3 is 2.73 bits per heavy atom. The van der Waals surface area contributed by atoms with Crippen LogP contribution in [0.5, 0.6) is 0 Å². The topological polar surface area (TPSA) is 139 Å². The van der Waals surface area contributed by atoms with Gasteiger partial charge in [0.15, 0.2) is 17.5 Å². The number of halogens is 3. The summed E-state index contributed by atoms with van der Waals surface area (Å²) in [6, 6.07) is 6.42. The second-order valence-corrected chi connectivity index (χ2v) is 10.6. The number of thiophene rings is 1. The summed E-state index contributed by atoms with van der Waals surface area (Å²) in [6.45, 7) is -0.581. The zero-order chi connectivity index (χ0) is 28.2. The van der Waals surface area contributed by atoms with Gasteiger partial charge >= 0.3 is 0 Å². The number of fused-ring (bicyclic) bond motifs is 1. The van der Waals surface area contributed by atoms with E-state index in [1.54, 1.807) is 12.1 Å². The Labute approximate surface area is 228 Å². The maximum atomic E-state index is 13.8. The van der Waals surface area contributed by atoms with Crippen LogP contribution in [0.2, 0.25) is 0 Å². The van der Waals surface area contributed by atoms with E-state index < -0.39 is 66.1 Å². The second-order valence-electron chi connectivity index (χ2n) is 9.63. The molecule has 2 fully saturated rings. The van der Waals surface area contributed by atoms with Crippen molar-refractivity contribution in [1.82, 2.24) is 20.3 Å². The van der Waals surface area contributed by atoms with Crippen molar-refractivity contribution in [3.05, 3.63) is 71.0 Å². The number of hydrogen-bond donors (Lipinski definition) is 4. The number of nitrogens with zero attached hydrogens (tertiary/aromatic N) is 3. The van der Waals surface area contributed by atoms with E-state index in [2.05, 4.69) is 15.6 Å². The molecule has 0 radical (unpaired) electrons. The number of carbonyl (C=O) groups is 1. The Bertz CT molecular complexity index is 1560. The predicted molar refractivity (Wildman–Crippen MR) is 135 cm³/mol. The van der Waals surface area contributed by atoms with Gasteiger partial charge < -0.3 is 30.1 Å². The molecule has 0 aliphatic carbocycles. The Morgan fingerprint density at radius 1 is 1.20 bits per heavy atom. The molecule has 0 saturated carbocycles. The standard InChI is InChI=1S/C26H23F3N4O6S/c27-15-8-12(9-16(28)21(15)29)17-10-33(32-31-17)22-23(35)18(11-34)39-26(24(22)36)20(4-6-38-26)30-25(37)14-2-1-3-19-13(14)5-7-40-19/h1-3,5,7-10,18,20,22-24,34-36H,4,6,11H2,(H,30,37)/t18-,20-,22+,23+,24-,26+/m1/s1. The highest BCUT2D eigenvalue weighted by Crippen LogP contribution is 2.43. The van der Waals surface area contributed by atoms with Gasteiger partial charge in [-0.15, -0.1) is 16.4 Å². The first-order chi connectivity index (χ1) is 19.2. The van der Waals surface area contributed by atoms with E-state index in [1.807, 2.05) is 17.5 Å². The second kappa shape index (κ2) is 10.2. The van der Waals surface area contributed by atoms with Crippen molar-refractivity contribution in [2.24, 2.45) is 0 Å². The van der Waals surface area contributed by atoms with Crippen molar-refractivity contribution in [2.75, 3.05) is 13.2 Å². The lowest BCUT2D eigenvalue weighted by molar-refractivity contribution is -0.344. The fourth-order valence-electron chi connectivity index (χ4n) is 5.37. The first-order valence-electron chi connectivity index (χ1n) is 12.4. The van der Waals surface area contributed by atoms with Gasteiger partial charge in [-0.05, 0) is 42.1 Å². The minimum Gasteiger partial charge on any atom is -0.394 e. The fraction of sp³-hybridized carbons (Fsp3) is 0.346. The molecule has 6 rings (SSSR count). The number of amides is 1.